The first-order chi connectivity index (χ1) is 9.25. The Morgan fingerprint density at radius 1 is 1.05 bits per heavy atom. The molecule has 2 nitrogen and oxygen atoms in total. The van der Waals surface area contributed by atoms with Gasteiger partial charge in [0.1, 0.15) is 0 Å². The lowest BCUT2D eigenvalue weighted by molar-refractivity contribution is -0.136. The summed E-state index contributed by atoms with van der Waals surface area (Å²) in [4.78, 5) is 11.8. The molecule has 0 aliphatic carbocycles. The molecule has 1 aromatic carbocycles. The van der Waals surface area contributed by atoms with Gasteiger partial charge in [-0.2, -0.15) is 0 Å². The Balaban J connectivity index is 2.16. The van der Waals surface area contributed by atoms with E-state index in [0.717, 1.165) is 18.4 Å². The zero-order valence-electron chi connectivity index (χ0n) is 11.9. The molecule has 0 fully saturated rings. The molecule has 0 heterocycles. The van der Waals surface area contributed by atoms with Gasteiger partial charge in [0.2, 0.25) is 0 Å². The van der Waals surface area contributed by atoms with Gasteiger partial charge >= 0.3 is 5.97 Å². The van der Waals surface area contributed by atoms with E-state index in [1.807, 2.05) is 30.3 Å². The van der Waals surface area contributed by atoms with Crippen molar-refractivity contribution in [3.05, 3.63) is 42.5 Å². The highest BCUT2D eigenvalue weighted by Gasteiger charge is 2.09. The molecule has 0 amide bonds. The highest BCUT2D eigenvalue weighted by atomic mass is 16.5. The molecular formula is C17H24O2. The SMILES string of the molecule is C=C(C(=O)OCCCCCCCC)c1ccccc1. The minimum absolute atomic E-state index is 0.306. The van der Waals surface area contributed by atoms with E-state index in [0.29, 0.717) is 12.2 Å². The van der Waals surface area contributed by atoms with Crippen LogP contribution in [-0.2, 0) is 9.53 Å². The van der Waals surface area contributed by atoms with Gasteiger partial charge in [0, 0.05) is 0 Å². The number of carbonyl (C=O) groups is 1. The van der Waals surface area contributed by atoms with Crippen LogP contribution >= 0.6 is 0 Å². The van der Waals surface area contributed by atoms with Gasteiger partial charge in [0.25, 0.3) is 0 Å². The van der Waals surface area contributed by atoms with Crippen LogP contribution in [0.4, 0.5) is 0 Å². The molecule has 2 heteroatoms. The maximum atomic E-state index is 11.8. The zero-order chi connectivity index (χ0) is 13.9. The Morgan fingerprint density at radius 2 is 1.68 bits per heavy atom. The summed E-state index contributed by atoms with van der Waals surface area (Å²) in [6.07, 6.45) is 7.13. The van der Waals surface area contributed by atoms with Crippen LogP contribution in [-0.4, -0.2) is 12.6 Å². The molecule has 0 aliphatic rings. The number of benzene rings is 1. The molecule has 0 atom stereocenters. The fourth-order valence-corrected chi connectivity index (χ4v) is 1.89. The van der Waals surface area contributed by atoms with Crippen molar-refractivity contribution in [2.24, 2.45) is 0 Å². The summed E-state index contributed by atoms with van der Waals surface area (Å²) in [6, 6.07) is 9.43. The number of rotatable bonds is 9. The van der Waals surface area contributed by atoms with Crippen molar-refractivity contribution in [2.45, 2.75) is 45.4 Å². The Bertz CT molecular complexity index is 382. The topological polar surface area (TPSA) is 26.3 Å². The standard InChI is InChI=1S/C17H24O2/c1-3-4-5-6-7-11-14-19-17(18)15(2)16-12-9-8-10-13-16/h8-10,12-13H,2-7,11,14H2,1H3. The summed E-state index contributed by atoms with van der Waals surface area (Å²) in [6.45, 7) is 6.49. The predicted octanol–water partition coefficient (Wildman–Crippen LogP) is 4.60. The van der Waals surface area contributed by atoms with Gasteiger partial charge in [0.15, 0.2) is 0 Å². The van der Waals surface area contributed by atoms with Crippen LogP contribution in [0.2, 0.25) is 0 Å². The lowest BCUT2D eigenvalue weighted by Gasteiger charge is -2.07. The quantitative estimate of drug-likeness (QED) is 0.368. The van der Waals surface area contributed by atoms with Crippen molar-refractivity contribution in [1.29, 1.82) is 0 Å². The van der Waals surface area contributed by atoms with Gasteiger partial charge in [-0.05, 0) is 12.0 Å². The third-order valence-corrected chi connectivity index (χ3v) is 3.10. The zero-order valence-corrected chi connectivity index (χ0v) is 11.9. The van der Waals surface area contributed by atoms with Crippen LogP contribution in [0.15, 0.2) is 36.9 Å². The lowest BCUT2D eigenvalue weighted by atomic mass is 10.1. The molecule has 0 N–H and O–H groups in total. The molecule has 19 heavy (non-hydrogen) atoms. The average molecular weight is 260 g/mol. The number of esters is 1. The molecule has 0 spiro atoms. The van der Waals surface area contributed by atoms with Gasteiger partial charge in [0.05, 0.1) is 12.2 Å². The molecule has 1 rings (SSSR count). The van der Waals surface area contributed by atoms with Crippen molar-refractivity contribution >= 4 is 11.5 Å². The normalized spacial score (nSPS) is 10.2. The minimum atomic E-state index is -0.306. The van der Waals surface area contributed by atoms with E-state index in [1.54, 1.807) is 0 Å². The van der Waals surface area contributed by atoms with E-state index in [-0.39, 0.29) is 5.97 Å². The summed E-state index contributed by atoms with van der Waals surface area (Å²) in [7, 11) is 0. The first kappa shape index (κ1) is 15.5. The Morgan fingerprint density at radius 3 is 2.37 bits per heavy atom. The minimum Gasteiger partial charge on any atom is -0.462 e. The summed E-state index contributed by atoms with van der Waals surface area (Å²) in [5.74, 6) is -0.306. The fraction of sp³-hybridized carbons (Fsp3) is 0.471. The predicted molar refractivity (Wildman–Crippen MR) is 79.8 cm³/mol. The second-order valence-corrected chi connectivity index (χ2v) is 4.75. The van der Waals surface area contributed by atoms with Gasteiger partial charge in [-0.1, -0.05) is 75.9 Å². The molecule has 0 bridgehead atoms. The van der Waals surface area contributed by atoms with E-state index >= 15 is 0 Å². The molecular weight excluding hydrogens is 236 g/mol. The van der Waals surface area contributed by atoms with E-state index in [9.17, 15) is 4.79 Å². The van der Waals surface area contributed by atoms with Crippen molar-refractivity contribution in [2.75, 3.05) is 6.61 Å². The summed E-state index contributed by atoms with van der Waals surface area (Å²) in [5, 5.41) is 0. The Kier molecular flexibility index (Phi) is 7.64. The second-order valence-electron chi connectivity index (χ2n) is 4.75. The van der Waals surface area contributed by atoms with Crippen LogP contribution in [0.25, 0.3) is 5.57 Å². The Labute approximate surface area is 116 Å². The number of carbonyl (C=O) groups excluding carboxylic acids is 1. The van der Waals surface area contributed by atoms with Gasteiger partial charge in [-0.3, -0.25) is 0 Å². The Hall–Kier alpha value is -1.57. The van der Waals surface area contributed by atoms with Crippen LogP contribution in [0.3, 0.4) is 0 Å². The summed E-state index contributed by atoms with van der Waals surface area (Å²) < 4.78 is 5.23. The number of ether oxygens (including phenoxy) is 1. The van der Waals surface area contributed by atoms with E-state index in [1.165, 1.54) is 25.7 Å². The van der Waals surface area contributed by atoms with Crippen molar-refractivity contribution in [3.63, 3.8) is 0 Å². The second kappa shape index (κ2) is 9.37. The number of hydrogen-bond acceptors (Lipinski definition) is 2. The maximum absolute atomic E-state index is 11.8. The molecule has 0 aromatic heterocycles. The third kappa shape index (κ3) is 6.23. The fourth-order valence-electron chi connectivity index (χ4n) is 1.89. The largest absolute Gasteiger partial charge is 0.462 e. The molecule has 0 aliphatic heterocycles. The molecule has 0 radical (unpaired) electrons. The molecule has 0 unspecified atom stereocenters. The monoisotopic (exact) mass is 260 g/mol. The molecule has 1 aromatic rings. The van der Waals surface area contributed by atoms with Gasteiger partial charge in [-0.15, -0.1) is 0 Å². The highest BCUT2D eigenvalue weighted by Crippen LogP contribution is 2.13. The summed E-state index contributed by atoms with van der Waals surface area (Å²) in [5.41, 5.74) is 1.27. The first-order valence-corrected chi connectivity index (χ1v) is 7.17. The van der Waals surface area contributed by atoms with Crippen LogP contribution in [0, 0.1) is 0 Å². The van der Waals surface area contributed by atoms with Crippen molar-refractivity contribution in [3.8, 4) is 0 Å². The number of hydrogen-bond donors (Lipinski definition) is 0. The van der Waals surface area contributed by atoms with Crippen LogP contribution in [0.1, 0.15) is 51.0 Å². The molecule has 0 saturated heterocycles. The summed E-state index contributed by atoms with van der Waals surface area (Å²) >= 11 is 0. The van der Waals surface area contributed by atoms with E-state index in [4.69, 9.17) is 4.74 Å². The lowest BCUT2D eigenvalue weighted by Crippen LogP contribution is -2.07. The average Bonchev–Trinajstić information content (AvgIpc) is 2.46. The smallest absolute Gasteiger partial charge is 0.338 e. The maximum Gasteiger partial charge on any atom is 0.338 e. The third-order valence-electron chi connectivity index (χ3n) is 3.10. The van der Waals surface area contributed by atoms with Crippen molar-refractivity contribution in [1.82, 2.24) is 0 Å². The van der Waals surface area contributed by atoms with Gasteiger partial charge < -0.3 is 4.74 Å². The van der Waals surface area contributed by atoms with Crippen LogP contribution < -0.4 is 0 Å². The molecule has 0 saturated carbocycles. The number of unbranched alkanes of at least 4 members (excludes halogenated alkanes) is 5. The highest BCUT2D eigenvalue weighted by molar-refractivity contribution is 6.15. The first-order valence-electron chi connectivity index (χ1n) is 7.17. The molecule has 104 valence electrons. The van der Waals surface area contributed by atoms with Gasteiger partial charge in [-0.25, -0.2) is 4.79 Å². The van der Waals surface area contributed by atoms with E-state index in [2.05, 4.69) is 13.5 Å². The van der Waals surface area contributed by atoms with Crippen LogP contribution in [0.5, 0.6) is 0 Å². The van der Waals surface area contributed by atoms with E-state index < -0.39 is 0 Å². The van der Waals surface area contributed by atoms with Crippen molar-refractivity contribution < 1.29 is 9.53 Å².